The highest BCUT2D eigenvalue weighted by Gasteiger charge is 2.12. The van der Waals surface area contributed by atoms with Crippen molar-refractivity contribution in [2.75, 3.05) is 6.54 Å². The molecule has 0 fully saturated rings. The molecule has 17 heavy (non-hydrogen) atoms. The Labute approximate surface area is 114 Å². The van der Waals surface area contributed by atoms with Crippen molar-refractivity contribution in [2.24, 2.45) is 12.8 Å². The summed E-state index contributed by atoms with van der Waals surface area (Å²) in [7, 11) is 1.92. The first-order chi connectivity index (χ1) is 8.19. The molecule has 1 aromatic carbocycles. The van der Waals surface area contributed by atoms with Gasteiger partial charge in [0.15, 0.2) is 0 Å². The molecule has 0 spiro atoms. The van der Waals surface area contributed by atoms with Crippen LogP contribution >= 0.6 is 27.7 Å². The van der Waals surface area contributed by atoms with E-state index < -0.39 is 0 Å². The van der Waals surface area contributed by atoms with Gasteiger partial charge in [-0.25, -0.2) is 0 Å². The number of hydrogen-bond acceptors (Lipinski definition) is 3. The van der Waals surface area contributed by atoms with Crippen molar-refractivity contribution in [3.8, 4) is 0 Å². The molecule has 0 saturated heterocycles. The van der Waals surface area contributed by atoms with E-state index >= 15 is 0 Å². The normalized spacial score (nSPS) is 12.6. The molecule has 1 unspecified atom stereocenters. The van der Waals surface area contributed by atoms with Crippen molar-refractivity contribution < 1.29 is 0 Å². The lowest BCUT2D eigenvalue weighted by Crippen LogP contribution is -2.09. The fraction of sp³-hybridized carbons (Fsp3) is 0.250. The van der Waals surface area contributed by atoms with E-state index in [2.05, 4.69) is 33.2 Å². The van der Waals surface area contributed by atoms with E-state index in [-0.39, 0.29) is 5.25 Å². The van der Waals surface area contributed by atoms with Crippen LogP contribution in [0.15, 0.2) is 46.0 Å². The Morgan fingerprint density at radius 1 is 1.41 bits per heavy atom. The Hall–Kier alpha value is -0.780. The van der Waals surface area contributed by atoms with Crippen LogP contribution in [0.5, 0.6) is 0 Å². The van der Waals surface area contributed by atoms with Crippen LogP contribution in [0.4, 0.5) is 0 Å². The van der Waals surface area contributed by atoms with Crippen LogP contribution in [0.2, 0.25) is 0 Å². The van der Waals surface area contributed by atoms with Crippen molar-refractivity contribution in [2.45, 2.75) is 10.1 Å². The molecule has 1 heterocycles. The molecule has 90 valence electrons. The predicted octanol–water partition coefficient (Wildman–Crippen LogP) is 2.97. The van der Waals surface area contributed by atoms with Crippen LogP contribution in [0.3, 0.4) is 0 Å². The van der Waals surface area contributed by atoms with Gasteiger partial charge >= 0.3 is 0 Å². The zero-order valence-electron chi connectivity index (χ0n) is 9.51. The Kier molecular flexibility index (Phi) is 4.25. The lowest BCUT2D eigenvalue weighted by atomic mass is 10.1. The molecule has 3 nitrogen and oxygen atoms in total. The molecule has 0 bridgehead atoms. The van der Waals surface area contributed by atoms with Crippen LogP contribution in [0, 0.1) is 0 Å². The molecule has 2 N–H and O–H groups in total. The van der Waals surface area contributed by atoms with Crippen molar-refractivity contribution >= 4 is 27.7 Å². The van der Waals surface area contributed by atoms with E-state index in [1.165, 1.54) is 5.56 Å². The Morgan fingerprint density at radius 3 is 2.65 bits per heavy atom. The average Bonchev–Trinajstić information content (AvgIpc) is 2.73. The van der Waals surface area contributed by atoms with Gasteiger partial charge in [0, 0.05) is 34.4 Å². The maximum absolute atomic E-state index is 5.84. The first-order valence-electron chi connectivity index (χ1n) is 5.30. The number of nitrogens with two attached hydrogens (primary N) is 1. The number of hydrogen-bond donors (Lipinski definition) is 1. The first kappa shape index (κ1) is 12.7. The van der Waals surface area contributed by atoms with E-state index in [1.54, 1.807) is 16.4 Å². The molecular formula is C12H14BrN3S. The summed E-state index contributed by atoms with van der Waals surface area (Å²) in [5.74, 6) is 0. The topological polar surface area (TPSA) is 43.8 Å². The second-order valence-corrected chi connectivity index (χ2v) is 5.94. The monoisotopic (exact) mass is 311 g/mol. The third-order valence-corrected chi connectivity index (χ3v) is 4.18. The van der Waals surface area contributed by atoms with E-state index in [0.29, 0.717) is 6.54 Å². The molecule has 0 aliphatic carbocycles. The van der Waals surface area contributed by atoms with Crippen LogP contribution in [-0.2, 0) is 7.05 Å². The van der Waals surface area contributed by atoms with Gasteiger partial charge in [-0.05, 0) is 17.7 Å². The Balaban J connectivity index is 2.13. The second-order valence-electron chi connectivity index (χ2n) is 3.74. The van der Waals surface area contributed by atoms with Gasteiger partial charge in [-0.2, -0.15) is 5.10 Å². The van der Waals surface area contributed by atoms with E-state index in [0.717, 1.165) is 9.37 Å². The quantitative estimate of drug-likeness (QED) is 0.883. The molecule has 5 heteroatoms. The van der Waals surface area contributed by atoms with Gasteiger partial charge in [0.05, 0.1) is 6.20 Å². The summed E-state index contributed by atoms with van der Waals surface area (Å²) >= 11 is 5.18. The van der Waals surface area contributed by atoms with Crippen LogP contribution in [0.25, 0.3) is 0 Å². The van der Waals surface area contributed by atoms with E-state index in [9.17, 15) is 0 Å². The fourth-order valence-corrected chi connectivity index (χ4v) is 2.86. The number of rotatable bonds is 4. The second kappa shape index (κ2) is 5.71. The molecule has 1 aromatic heterocycles. The minimum Gasteiger partial charge on any atom is -0.329 e. The zero-order valence-corrected chi connectivity index (χ0v) is 11.9. The maximum atomic E-state index is 5.84. The molecule has 1 atom stereocenters. The number of aryl methyl sites for hydroxylation is 1. The number of benzene rings is 1. The van der Waals surface area contributed by atoms with E-state index in [4.69, 9.17) is 5.73 Å². The molecule has 2 rings (SSSR count). The van der Waals surface area contributed by atoms with E-state index in [1.807, 2.05) is 31.6 Å². The molecule has 2 aromatic rings. The molecule has 0 amide bonds. The fourth-order valence-electron chi connectivity index (χ4n) is 1.55. The Bertz CT molecular complexity index is 481. The van der Waals surface area contributed by atoms with Crippen molar-refractivity contribution in [1.82, 2.24) is 9.78 Å². The standard InChI is InChI=1S/C12H14BrN3S/c1-16-8-11(7-15-16)17-12(6-14)9-2-4-10(13)5-3-9/h2-5,7-8,12H,6,14H2,1H3. The molecular weight excluding hydrogens is 298 g/mol. The highest BCUT2D eigenvalue weighted by atomic mass is 79.9. The molecule has 0 aliphatic rings. The smallest absolute Gasteiger partial charge is 0.0626 e. The third kappa shape index (κ3) is 3.34. The number of thioether (sulfide) groups is 1. The van der Waals surface area contributed by atoms with Gasteiger partial charge in [-0.3, -0.25) is 4.68 Å². The lowest BCUT2D eigenvalue weighted by Gasteiger charge is -2.13. The number of nitrogens with zero attached hydrogens (tertiary/aromatic N) is 2. The zero-order chi connectivity index (χ0) is 12.3. The summed E-state index contributed by atoms with van der Waals surface area (Å²) in [6, 6.07) is 8.29. The molecule has 0 saturated carbocycles. The number of halogens is 1. The van der Waals surface area contributed by atoms with Crippen LogP contribution in [0.1, 0.15) is 10.8 Å². The maximum Gasteiger partial charge on any atom is 0.0626 e. The van der Waals surface area contributed by atoms with Crippen LogP contribution < -0.4 is 5.73 Å². The minimum atomic E-state index is 0.271. The summed E-state index contributed by atoms with van der Waals surface area (Å²) in [5.41, 5.74) is 7.08. The van der Waals surface area contributed by atoms with Crippen LogP contribution in [-0.4, -0.2) is 16.3 Å². The summed E-state index contributed by atoms with van der Waals surface area (Å²) in [6.07, 6.45) is 3.87. The third-order valence-electron chi connectivity index (χ3n) is 2.42. The summed E-state index contributed by atoms with van der Waals surface area (Å²) < 4.78 is 2.89. The van der Waals surface area contributed by atoms with Crippen molar-refractivity contribution in [3.63, 3.8) is 0 Å². The summed E-state index contributed by atoms with van der Waals surface area (Å²) in [4.78, 5) is 1.14. The van der Waals surface area contributed by atoms with Gasteiger partial charge in [0.2, 0.25) is 0 Å². The van der Waals surface area contributed by atoms with Gasteiger partial charge in [-0.15, -0.1) is 11.8 Å². The highest BCUT2D eigenvalue weighted by Crippen LogP contribution is 2.34. The lowest BCUT2D eigenvalue weighted by molar-refractivity contribution is 0.766. The minimum absolute atomic E-state index is 0.271. The van der Waals surface area contributed by atoms with Crippen molar-refractivity contribution in [3.05, 3.63) is 46.7 Å². The SMILES string of the molecule is Cn1cc(SC(CN)c2ccc(Br)cc2)cn1. The predicted molar refractivity (Wildman–Crippen MR) is 75.0 cm³/mol. The van der Waals surface area contributed by atoms with Gasteiger partial charge in [0.25, 0.3) is 0 Å². The van der Waals surface area contributed by atoms with Gasteiger partial charge in [0.1, 0.15) is 0 Å². The van der Waals surface area contributed by atoms with Gasteiger partial charge < -0.3 is 5.73 Å². The molecule has 0 radical (unpaired) electrons. The highest BCUT2D eigenvalue weighted by molar-refractivity contribution is 9.10. The first-order valence-corrected chi connectivity index (χ1v) is 6.97. The van der Waals surface area contributed by atoms with Crippen molar-refractivity contribution in [1.29, 1.82) is 0 Å². The largest absolute Gasteiger partial charge is 0.329 e. The Morgan fingerprint density at radius 2 is 2.12 bits per heavy atom. The average molecular weight is 312 g/mol. The summed E-state index contributed by atoms with van der Waals surface area (Å²) in [5, 5.41) is 4.43. The summed E-state index contributed by atoms with van der Waals surface area (Å²) in [6.45, 7) is 0.612. The molecule has 0 aliphatic heterocycles. The number of aromatic nitrogens is 2. The van der Waals surface area contributed by atoms with Gasteiger partial charge in [-0.1, -0.05) is 28.1 Å².